The first-order chi connectivity index (χ1) is 9.88. The molecule has 1 aromatic carbocycles. The minimum Gasteiger partial charge on any atom is -0.310 e. The molecule has 2 aliphatic rings. The van der Waals surface area contributed by atoms with E-state index in [4.69, 9.17) is 0 Å². The van der Waals surface area contributed by atoms with Gasteiger partial charge in [0.15, 0.2) is 0 Å². The SMILES string of the molecule is c1ccc(-n2cc(CNC3CC4CCC3C4)cn2)cc1. The fraction of sp³-hybridized carbons (Fsp3) is 0.471. The zero-order valence-electron chi connectivity index (χ0n) is 11.7. The number of fused-ring (bicyclic) bond motifs is 2. The highest BCUT2D eigenvalue weighted by molar-refractivity contribution is 5.30. The summed E-state index contributed by atoms with van der Waals surface area (Å²) < 4.78 is 1.96. The Kier molecular flexibility index (Phi) is 3.07. The van der Waals surface area contributed by atoms with Gasteiger partial charge in [0.05, 0.1) is 11.9 Å². The summed E-state index contributed by atoms with van der Waals surface area (Å²) in [6.45, 7) is 0.945. The Hall–Kier alpha value is -1.61. The van der Waals surface area contributed by atoms with E-state index in [0.29, 0.717) is 0 Å². The van der Waals surface area contributed by atoms with Crippen LogP contribution in [0.2, 0.25) is 0 Å². The van der Waals surface area contributed by atoms with E-state index in [1.54, 1.807) is 0 Å². The van der Waals surface area contributed by atoms with Gasteiger partial charge in [-0.2, -0.15) is 5.10 Å². The van der Waals surface area contributed by atoms with E-state index in [2.05, 4.69) is 28.7 Å². The van der Waals surface area contributed by atoms with E-state index >= 15 is 0 Å². The van der Waals surface area contributed by atoms with Crippen LogP contribution in [0, 0.1) is 11.8 Å². The fourth-order valence-corrected chi connectivity index (χ4v) is 3.92. The summed E-state index contributed by atoms with van der Waals surface area (Å²) in [5, 5.41) is 8.20. The van der Waals surface area contributed by atoms with E-state index in [9.17, 15) is 0 Å². The van der Waals surface area contributed by atoms with Crippen molar-refractivity contribution in [3.8, 4) is 5.69 Å². The van der Waals surface area contributed by atoms with Gasteiger partial charge in [0.1, 0.15) is 0 Å². The molecule has 104 valence electrons. The topological polar surface area (TPSA) is 29.9 Å². The summed E-state index contributed by atoms with van der Waals surface area (Å²) in [6, 6.07) is 11.0. The van der Waals surface area contributed by atoms with Crippen LogP contribution >= 0.6 is 0 Å². The van der Waals surface area contributed by atoms with E-state index in [1.165, 1.54) is 31.2 Å². The van der Waals surface area contributed by atoms with Crippen molar-refractivity contribution in [1.82, 2.24) is 15.1 Å². The molecule has 0 aliphatic heterocycles. The average molecular weight is 267 g/mol. The van der Waals surface area contributed by atoms with Crippen LogP contribution in [0.25, 0.3) is 5.69 Å². The smallest absolute Gasteiger partial charge is 0.0645 e. The number of nitrogens with zero attached hydrogens (tertiary/aromatic N) is 2. The van der Waals surface area contributed by atoms with E-state index in [1.807, 2.05) is 29.1 Å². The Bertz CT molecular complexity index is 575. The Labute approximate surface area is 120 Å². The van der Waals surface area contributed by atoms with Gasteiger partial charge >= 0.3 is 0 Å². The van der Waals surface area contributed by atoms with Crippen LogP contribution in [-0.4, -0.2) is 15.8 Å². The lowest BCUT2D eigenvalue weighted by Crippen LogP contribution is -2.33. The lowest BCUT2D eigenvalue weighted by atomic mass is 9.95. The maximum absolute atomic E-state index is 4.46. The Balaban J connectivity index is 1.39. The van der Waals surface area contributed by atoms with Crippen LogP contribution in [-0.2, 0) is 6.54 Å². The van der Waals surface area contributed by atoms with Crippen molar-refractivity contribution in [2.45, 2.75) is 38.3 Å². The highest BCUT2D eigenvalue weighted by Gasteiger charge is 2.38. The lowest BCUT2D eigenvalue weighted by molar-refractivity contribution is 0.351. The van der Waals surface area contributed by atoms with Gasteiger partial charge in [-0.05, 0) is 43.2 Å². The Morgan fingerprint density at radius 1 is 1.15 bits per heavy atom. The molecule has 1 N–H and O–H groups in total. The summed E-state index contributed by atoms with van der Waals surface area (Å²) in [7, 11) is 0. The summed E-state index contributed by atoms with van der Waals surface area (Å²) in [5.41, 5.74) is 2.40. The third kappa shape index (κ3) is 2.27. The van der Waals surface area contributed by atoms with E-state index < -0.39 is 0 Å². The normalized spacial score (nSPS) is 28.1. The zero-order chi connectivity index (χ0) is 13.4. The molecule has 0 radical (unpaired) electrons. The molecule has 3 unspecified atom stereocenters. The van der Waals surface area contributed by atoms with Crippen LogP contribution in [0.3, 0.4) is 0 Å². The molecule has 2 aromatic rings. The zero-order valence-corrected chi connectivity index (χ0v) is 11.7. The van der Waals surface area contributed by atoms with Crippen molar-refractivity contribution in [2.75, 3.05) is 0 Å². The highest BCUT2D eigenvalue weighted by atomic mass is 15.3. The first kappa shape index (κ1) is 12.2. The molecule has 2 bridgehead atoms. The van der Waals surface area contributed by atoms with Gasteiger partial charge in [-0.25, -0.2) is 4.68 Å². The Morgan fingerprint density at radius 2 is 2.05 bits per heavy atom. The maximum atomic E-state index is 4.46. The maximum Gasteiger partial charge on any atom is 0.0645 e. The van der Waals surface area contributed by atoms with Crippen molar-refractivity contribution in [1.29, 1.82) is 0 Å². The van der Waals surface area contributed by atoms with Gasteiger partial charge < -0.3 is 5.32 Å². The monoisotopic (exact) mass is 267 g/mol. The van der Waals surface area contributed by atoms with Crippen molar-refractivity contribution in [3.63, 3.8) is 0 Å². The molecule has 3 heteroatoms. The Morgan fingerprint density at radius 3 is 2.80 bits per heavy atom. The van der Waals surface area contributed by atoms with Gasteiger partial charge in [0, 0.05) is 24.3 Å². The van der Waals surface area contributed by atoms with Crippen LogP contribution in [0.5, 0.6) is 0 Å². The molecule has 1 aromatic heterocycles. The number of aromatic nitrogens is 2. The predicted octanol–water partition coefficient (Wildman–Crippen LogP) is 3.15. The molecule has 0 amide bonds. The van der Waals surface area contributed by atoms with E-state index in [0.717, 1.165) is 30.1 Å². The van der Waals surface area contributed by atoms with Gasteiger partial charge in [-0.1, -0.05) is 24.6 Å². The first-order valence-electron chi connectivity index (χ1n) is 7.71. The number of hydrogen-bond donors (Lipinski definition) is 1. The van der Waals surface area contributed by atoms with Crippen molar-refractivity contribution < 1.29 is 0 Å². The molecular formula is C17H21N3. The second-order valence-corrected chi connectivity index (χ2v) is 6.29. The molecular weight excluding hydrogens is 246 g/mol. The molecule has 3 nitrogen and oxygen atoms in total. The van der Waals surface area contributed by atoms with Crippen LogP contribution in [0.15, 0.2) is 42.7 Å². The van der Waals surface area contributed by atoms with Crippen LogP contribution in [0.1, 0.15) is 31.2 Å². The molecule has 3 atom stereocenters. The molecule has 0 spiro atoms. The minimum atomic E-state index is 0.744. The number of nitrogens with one attached hydrogen (secondary N) is 1. The highest BCUT2D eigenvalue weighted by Crippen LogP contribution is 2.44. The lowest BCUT2D eigenvalue weighted by Gasteiger charge is -2.22. The van der Waals surface area contributed by atoms with Gasteiger partial charge in [-0.3, -0.25) is 0 Å². The summed E-state index contributed by atoms with van der Waals surface area (Å²) >= 11 is 0. The van der Waals surface area contributed by atoms with Crippen LogP contribution in [0.4, 0.5) is 0 Å². The molecule has 2 aliphatic carbocycles. The average Bonchev–Trinajstić information content (AvgIpc) is 3.22. The summed E-state index contributed by atoms with van der Waals surface area (Å²) in [5.74, 6) is 1.94. The molecule has 2 saturated carbocycles. The van der Waals surface area contributed by atoms with Crippen molar-refractivity contribution in [2.24, 2.45) is 11.8 Å². The minimum absolute atomic E-state index is 0.744. The molecule has 0 saturated heterocycles. The third-order valence-electron chi connectivity index (χ3n) is 4.96. The standard InChI is InChI=1S/C17H21N3/c1-2-4-16(5-3-1)20-12-14(11-19-20)10-18-17-9-13-6-7-15(17)8-13/h1-5,11-13,15,17-18H,6-10H2. The number of para-hydroxylation sites is 1. The third-order valence-corrected chi connectivity index (χ3v) is 4.96. The largest absolute Gasteiger partial charge is 0.310 e. The number of benzene rings is 1. The molecule has 1 heterocycles. The second-order valence-electron chi connectivity index (χ2n) is 6.29. The second kappa shape index (κ2) is 5.06. The molecule has 20 heavy (non-hydrogen) atoms. The van der Waals surface area contributed by atoms with E-state index in [-0.39, 0.29) is 0 Å². The van der Waals surface area contributed by atoms with Crippen LogP contribution < -0.4 is 5.32 Å². The summed E-state index contributed by atoms with van der Waals surface area (Å²) in [6.07, 6.45) is 9.86. The van der Waals surface area contributed by atoms with Crippen molar-refractivity contribution >= 4 is 0 Å². The first-order valence-corrected chi connectivity index (χ1v) is 7.71. The van der Waals surface area contributed by atoms with Gasteiger partial charge in [0.2, 0.25) is 0 Å². The quantitative estimate of drug-likeness (QED) is 0.922. The predicted molar refractivity (Wildman–Crippen MR) is 79.6 cm³/mol. The molecule has 2 fully saturated rings. The number of rotatable bonds is 4. The van der Waals surface area contributed by atoms with Gasteiger partial charge in [0.25, 0.3) is 0 Å². The molecule has 4 rings (SSSR count). The van der Waals surface area contributed by atoms with Crippen molar-refractivity contribution in [3.05, 3.63) is 48.3 Å². The number of hydrogen-bond acceptors (Lipinski definition) is 2. The fourth-order valence-electron chi connectivity index (χ4n) is 3.92. The van der Waals surface area contributed by atoms with Gasteiger partial charge in [-0.15, -0.1) is 0 Å². The summed E-state index contributed by atoms with van der Waals surface area (Å²) in [4.78, 5) is 0.